The molecule has 0 aliphatic rings. The number of nitrogens with zero attached hydrogens (tertiary/aromatic N) is 2. The van der Waals surface area contributed by atoms with Gasteiger partial charge in [-0.1, -0.05) is 0 Å². The molecule has 0 fully saturated rings. The van der Waals surface area contributed by atoms with Crippen molar-refractivity contribution >= 4 is 39.3 Å². The van der Waals surface area contributed by atoms with E-state index in [-0.39, 0.29) is 11.2 Å². The Morgan fingerprint density at radius 2 is 2.21 bits per heavy atom. The van der Waals surface area contributed by atoms with E-state index in [9.17, 15) is 4.79 Å². The average Bonchev–Trinajstić information content (AvgIpc) is 2.39. The van der Waals surface area contributed by atoms with Crippen LogP contribution in [0.3, 0.4) is 0 Å². The Labute approximate surface area is 123 Å². The van der Waals surface area contributed by atoms with Gasteiger partial charge in [-0.2, -0.15) is 0 Å². The van der Waals surface area contributed by atoms with Crippen LogP contribution in [0.5, 0.6) is 5.75 Å². The number of hydrogen-bond acceptors (Lipinski definition) is 4. The second kappa shape index (κ2) is 5.99. The van der Waals surface area contributed by atoms with Crippen LogP contribution in [0.1, 0.15) is 10.4 Å². The average molecular weight is 343 g/mol. The second-order valence-corrected chi connectivity index (χ2v) is 4.70. The number of nitrogens with one attached hydrogen (secondary N) is 1. The van der Waals surface area contributed by atoms with Crippen molar-refractivity contribution in [2.45, 2.75) is 0 Å². The topological polar surface area (TPSA) is 64.1 Å². The molecule has 1 aromatic carbocycles. The van der Waals surface area contributed by atoms with Crippen molar-refractivity contribution < 1.29 is 9.53 Å². The van der Waals surface area contributed by atoms with Crippen molar-refractivity contribution in [3.8, 4) is 5.75 Å². The fraction of sp³-hybridized carbons (Fsp3) is 0.0833. The lowest BCUT2D eigenvalue weighted by Gasteiger charge is -2.08. The summed E-state index contributed by atoms with van der Waals surface area (Å²) in [4.78, 5) is 19.7. The van der Waals surface area contributed by atoms with E-state index >= 15 is 0 Å². The zero-order valence-electron chi connectivity index (χ0n) is 9.85. The van der Waals surface area contributed by atoms with Crippen molar-refractivity contribution in [1.29, 1.82) is 0 Å². The van der Waals surface area contributed by atoms with Gasteiger partial charge in [-0.25, -0.2) is 9.97 Å². The first-order valence-corrected chi connectivity index (χ1v) is 6.40. The third kappa shape index (κ3) is 3.42. The molecule has 0 radical (unpaired) electrons. The van der Waals surface area contributed by atoms with Crippen LogP contribution in [0.15, 0.2) is 34.9 Å². The van der Waals surface area contributed by atoms with Crippen LogP contribution >= 0.6 is 27.5 Å². The van der Waals surface area contributed by atoms with E-state index in [1.54, 1.807) is 24.3 Å². The van der Waals surface area contributed by atoms with E-state index in [1.807, 2.05) is 0 Å². The third-order valence-electron chi connectivity index (χ3n) is 2.29. The Bertz CT molecular complexity index is 622. The van der Waals surface area contributed by atoms with Gasteiger partial charge in [0.1, 0.15) is 11.6 Å². The van der Waals surface area contributed by atoms with Gasteiger partial charge in [0.25, 0.3) is 5.91 Å². The molecule has 0 unspecified atom stereocenters. The van der Waals surface area contributed by atoms with E-state index in [0.29, 0.717) is 21.6 Å². The highest BCUT2D eigenvalue weighted by Crippen LogP contribution is 2.23. The number of amides is 1. The number of rotatable bonds is 3. The van der Waals surface area contributed by atoms with Gasteiger partial charge in [0, 0.05) is 10.7 Å². The van der Waals surface area contributed by atoms with E-state index < -0.39 is 0 Å². The maximum absolute atomic E-state index is 12.1. The van der Waals surface area contributed by atoms with Crippen molar-refractivity contribution in [2.75, 3.05) is 12.4 Å². The maximum Gasteiger partial charge on any atom is 0.258 e. The summed E-state index contributed by atoms with van der Waals surface area (Å²) in [7, 11) is 1.54. The summed E-state index contributed by atoms with van der Waals surface area (Å²) in [5, 5.41) is 2.70. The fourth-order valence-electron chi connectivity index (χ4n) is 1.39. The van der Waals surface area contributed by atoms with Gasteiger partial charge in [0.15, 0.2) is 0 Å². The molecule has 1 N–H and O–H groups in total. The third-order valence-corrected chi connectivity index (χ3v) is 3.16. The quantitative estimate of drug-likeness (QED) is 0.870. The Morgan fingerprint density at radius 1 is 1.42 bits per heavy atom. The van der Waals surface area contributed by atoms with Crippen LogP contribution in [0, 0.1) is 0 Å². The molecule has 0 saturated heterocycles. The normalized spacial score (nSPS) is 10.1. The first-order chi connectivity index (χ1) is 9.10. The monoisotopic (exact) mass is 341 g/mol. The highest BCUT2D eigenvalue weighted by atomic mass is 79.9. The van der Waals surface area contributed by atoms with Gasteiger partial charge >= 0.3 is 0 Å². The lowest BCUT2D eigenvalue weighted by Crippen LogP contribution is -2.14. The first kappa shape index (κ1) is 13.8. The highest BCUT2D eigenvalue weighted by Gasteiger charge is 2.12. The molecule has 0 aliphatic carbocycles. The lowest BCUT2D eigenvalue weighted by molar-refractivity contribution is 0.102. The Morgan fingerprint density at radius 3 is 2.89 bits per heavy atom. The van der Waals surface area contributed by atoms with Crippen LogP contribution in [0.25, 0.3) is 0 Å². The number of carbonyl (C=O) groups is 1. The number of hydrogen-bond donors (Lipinski definition) is 1. The van der Waals surface area contributed by atoms with E-state index in [2.05, 4.69) is 31.2 Å². The molecular formula is C12H9BrClN3O2. The molecule has 0 bridgehead atoms. The summed E-state index contributed by atoms with van der Waals surface area (Å²) in [5.74, 6) is 0.606. The number of ether oxygens (including phenoxy) is 1. The molecule has 1 heterocycles. The maximum atomic E-state index is 12.1. The molecule has 2 rings (SSSR count). The van der Waals surface area contributed by atoms with Crippen LogP contribution in [-0.4, -0.2) is 23.0 Å². The number of halogens is 2. The molecule has 19 heavy (non-hydrogen) atoms. The molecule has 1 aromatic heterocycles. The smallest absolute Gasteiger partial charge is 0.258 e. The Balaban J connectivity index is 2.25. The molecule has 0 saturated carbocycles. The minimum absolute atomic E-state index is 0.0718. The van der Waals surface area contributed by atoms with Gasteiger partial charge in [-0.15, -0.1) is 0 Å². The van der Waals surface area contributed by atoms with Gasteiger partial charge in [0.05, 0.1) is 12.7 Å². The molecule has 0 aliphatic heterocycles. The lowest BCUT2D eigenvalue weighted by atomic mass is 10.2. The second-order valence-electron chi connectivity index (χ2n) is 3.51. The van der Waals surface area contributed by atoms with Gasteiger partial charge in [-0.05, 0) is 51.8 Å². The van der Waals surface area contributed by atoms with Gasteiger partial charge < -0.3 is 10.1 Å². The molecule has 0 spiro atoms. The van der Waals surface area contributed by atoms with Crippen molar-refractivity contribution in [2.24, 2.45) is 0 Å². The standard InChI is InChI=1S/C12H9BrClN3O2/c1-19-7-2-3-9(13)8(6-7)11(18)16-10-4-5-15-12(14)17-10/h2-6H,1H3,(H,15,16,17,18). The molecule has 2 aromatic rings. The summed E-state index contributed by atoms with van der Waals surface area (Å²) in [5.41, 5.74) is 0.439. The van der Waals surface area contributed by atoms with E-state index in [0.717, 1.165) is 0 Å². The zero-order valence-corrected chi connectivity index (χ0v) is 12.2. The minimum atomic E-state index is -0.319. The summed E-state index contributed by atoms with van der Waals surface area (Å²) < 4.78 is 5.74. The molecule has 98 valence electrons. The molecular weight excluding hydrogens is 334 g/mol. The number of carbonyl (C=O) groups excluding carboxylic acids is 1. The zero-order chi connectivity index (χ0) is 13.8. The van der Waals surface area contributed by atoms with Crippen molar-refractivity contribution in [3.63, 3.8) is 0 Å². The molecule has 7 heteroatoms. The molecule has 1 amide bonds. The highest BCUT2D eigenvalue weighted by molar-refractivity contribution is 9.10. The Kier molecular flexibility index (Phi) is 4.34. The summed E-state index contributed by atoms with van der Waals surface area (Å²) >= 11 is 8.96. The first-order valence-electron chi connectivity index (χ1n) is 5.23. The van der Waals surface area contributed by atoms with Crippen molar-refractivity contribution in [1.82, 2.24) is 9.97 Å². The van der Waals surface area contributed by atoms with Crippen molar-refractivity contribution in [3.05, 3.63) is 45.8 Å². The van der Waals surface area contributed by atoms with Crippen LogP contribution in [0.2, 0.25) is 5.28 Å². The van der Waals surface area contributed by atoms with E-state index in [1.165, 1.54) is 13.3 Å². The van der Waals surface area contributed by atoms with Gasteiger partial charge in [-0.3, -0.25) is 4.79 Å². The van der Waals surface area contributed by atoms with Gasteiger partial charge in [0.2, 0.25) is 5.28 Å². The number of benzene rings is 1. The SMILES string of the molecule is COc1ccc(Br)c(C(=O)Nc2ccnc(Cl)n2)c1. The van der Waals surface area contributed by atoms with Crippen LogP contribution in [-0.2, 0) is 0 Å². The summed E-state index contributed by atoms with van der Waals surface area (Å²) in [6.45, 7) is 0. The largest absolute Gasteiger partial charge is 0.497 e. The van der Waals surface area contributed by atoms with E-state index in [4.69, 9.17) is 16.3 Å². The molecule has 0 atom stereocenters. The predicted octanol–water partition coefficient (Wildman–Crippen LogP) is 3.15. The Hall–Kier alpha value is -1.66. The minimum Gasteiger partial charge on any atom is -0.497 e. The fourth-order valence-corrected chi connectivity index (χ4v) is 1.97. The number of methoxy groups -OCH3 is 1. The van der Waals surface area contributed by atoms with Crippen LogP contribution in [0.4, 0.5) is 5.82 Å². The predicted molar refractivity (Wildman–Crippen MR) is 75.7 cm³/mol. The molecule has 5 nitrogen and oxygen atoms in total. The number of aromatic nitrogens is 2. The summed E-state index contributed by atoms with van der Waals surface area (Å²) in [6.07, 6.45) is 1.46. The summed E-state index contributed by atoms with van der Waals surface area (Å²) in [6, 6.07) is 6.67. The number of anilines is 1. The van der Waals surface area contributed by atoms with Crippen LogP contribution < -0.4 is 10.1 Å².